The number of hydrogen-bond donors (Lipinski definition) is 2. The highest BCUT2D eigenvalue weighted by molar-refractivity contribution is 5.77. The van der Waals surface area contributed by atoms with Gasteiger partial charge >= 0.3 is 0 Å². The molecular weight excluding hydrogens is 240 g/mol. The summed E-state index contributed by atoms with van der Waals surface area (Å²) < 4.78 is 5.84. The molecular formula is C14H16N4O. The van der Waals surface area contributed by atoms with Gasteiger partial charge < -0.3 is 4.42 Å². The van der Waals surface area contributed by atoms with Crippen molar-refractivity contribution in [3.05, 3.63) is 48.2 Å². The van der Waals surface area contributed by atoms with Crippen LogP contribution >= 0.6 is 0 Å². The molecule has 0 saturated carbocycles. The third-order valence-corrected chi connectivity index (χ3v) is 3.22. The molecule has 1 aromatic carbocycles. The summed E-state index contributed by atoms with van der Waals surface area (Å²) in [5.41, 5.74) is 0.915. The Balaban J connectivity index is 1.78. The molecule has 2 atom stereocenters. The Morgan fingerprint density at radius 2 is 2.05 bits per heavy atom. The first-order chi connectivity index (χ1) is 9.24. The maximum atomic E-state index is 5.84. The minimum absolute atomic E-state index is 0.0886. The summed E-state index contributed by atoms with van der Waals surface area (Å²) >= 11 is 0. The molecule has 5 nitrogen and oxygen atoms in total. The molecule has 0 aliphatic carbocycles. The van der Waals surface area contributed by atoms with Crippen LogP contribution in [0.25, 0.3) is 11.0 Å². The van der Waals surface area contributed by atoms with Gasteiger partial charge in [-0.25, -0.2) is 4.98 Å². The van der Waals surface area contributed by atoms with E-state index in [2.05, 4.69) is 39.6 Å². The van der Waals surface area contributed by atoms with Crippen LogP contribution in [0.2, 0.25) is 0 Å². The second-order valence-electron chi connectivity index (χ2n) is 4.67. The third kappa shape index (κ3) is 2.37. The largest absolute Gasteiger partial charge is 0.459 e. The van der Waals surface area contributed by atoms with Gasteiger partial charge in [0.25, 0.3) is 0 Å². The molecule has 0 aliphatic rings. The van der Waals surface area contributed by atoms with Crippen LogP contribution in [0, 0.1) is 0 Å². The minimum Gasteiger partial charge on any atom is -0.459 e. The SMILES string of the molecule is CC(NC(C)c1cc2ccccc2o1)c1ncn[nH]1. The normalized spacial score (nSPS) is 14.6. The van der Waals surface area contributed by atoms with E-state index in [0.717, 1.165) is 22.6 Å². The van der Waals surface area contributed by atoms with E-state index in [1.807, 2.05) is 25.1 Å². The van der Waals surface area contributed by atoms with Crippen molar-refractivity contribution in [3.63, 3.8) is 0 Å². The van der Waals surface area contributed by atoms with E-state index in [4.69, 9.17) is 4.42 Å². The van der Waals surface area contributed by atoms with Gasteiger partial charge in [-0.15, -0.1) is 0 Å². The molecule has 0 saturated heterocycles. The summed E-state index contributed by atoms with van der Waals surface area (Å²) in [4.78, 5) is 4.15. The molecule has 0 fully saturated rings. The monoisotopic (exact) mass is 256 g/mol. The van der Waals surface area contributed by atoms with Gasteiger partial charge in [0.05, 0.1) is 12.1 Å². The van der Waals surface area contributed by atoms with E-state index in [-0.39, 0.29) is 12.1 Å². The maximum absolute atomic E-state index is 5.84. The van der Waals surface area contributed by atoms with Crippen molar-refractivity contribution in [2.75, 3.05) is 0 Å². The number of aromatic amines is 1. The smallest absolute Gasteiger partial charge is 0.141 e. The minimum atomic E-state index is 0.0886. The van der Waals surface area contributed by atoms with Crippen LogP contribution in [0.4, 0.5) is 0 Å². The molecule has 3 rings (SSSR count). The van der Waals surface area contributed by atoms with Crippen LogP contribution in [-0.4, -0.2) is 15.2 Å². The van der Waals surface area contributed by atoms with Crippen LogP contribution < -0.4 is 5.32 Å². The number of nitrogens with zero attached hydrogens (tertiary/aromatic N) is 2. The number of fused-ring (bicyclic) bond motifs is 1. The van der Waals surface area contributed by atoms with Crippen molar-refractivity contribution in [2.24, 2.45) is 0 Å². The van der Waals surface area contributed by atoms with Gasteiger partial charge in [0.2, 0.25) is 0 Å². The predicted octanol–water partition coefficient (Wildman–Crippen LogP) is 2.96. The summed E-state index contributed by atoms with van der Waals surface area (Å²) in [7, 11) is 0. The van der Waals surface area contributed by atoms with Crippen LogP contribution in [-0.2, 0) is 0 Å². The van der Waals surface area contributed by atoms with Crippen LogP contribution in [0.15, 0.2) is 41.1 Å². The van der Waals surface area contributed by atoms with E-state index in [9.17, 15) is 0 Å². The molecule has 3 aromatic rings. The molecule has 0 spiro atoms. The highest BCUT2D eigenvalue weighted by Gasteiger charge is 2.16. The lowest BCUT2D eigenvalue weighted by molar-refractivity contribution is 0.409. The van der Waals surface area contributed by atoms with Crippen molar-refractivity contribution in [2.45, 2.75) is 25.9 Å². The molecule has 0 aliphatic heterocycles. The number of rotatable bonds is 4. The molecule has 0 radical (unpaired) electrons. The predicted molar refractivity (Wildman–Crippen MR) is 72.6 cm³/mol. The van der Waals surface area contributed by atoms with Gasteiger partial charge in [-0.2, -0.15) is 5.10 Å². The molecule has 5 heteroatoms. The van der Waals surface area contributed by atoms with Gasteiger partial charge in [0.15, 0.2) is 0 Å². The summed E-state index contributed by atoms with van der Waals surface area (Å²) in [5.74, 6) is 1.75. The molecule has 2 heterocycles. The third-order valence-electron chi connectivity index (χ3n) is 3.22. The first-order valence-corrected chi connectivity index (χ1v) is 6.34. The van der Waals surface area contributed by atoms with Crippen LogP contribution in [0.5, 0.6) is 0 Å². The van der Waals surface area contributed by atoms with E-state index >= 15 is 0 Å². The Labute approximate surface area is 111 Å². The highest BCUT2D eigenvalue weighted by atomic mass is 16.3. The Morgan fingerprint density at radius 1 is 1.21 bits per heavy atom. The van der Waals surface area contributed by atoms with Crippen molar-refractivity contribution in [3.8, 4) is 0 Å². The lowest BCUT2D eigenvalue weighted by Crippen LogP contribution is -2.23. The van der Waals surface area contributed by atoms with E-state index in [1.54, 1.807) is 0 Å². The van der Waals surface area contributed by atoms with Gasteiger partial charge in [-0.05, 0) is 26.0 Å². The first kappa shape index (κ1) is 11.9. The Morgan fingerprint density at radius 3 is 2.79 bits per heavy atom. The van der Waals surface area contributed by atoms with Crippen LogP contribution in [0.3, 0.4) is 0 Å². The van der Waals surface area contributed by atoms with Crippen molar-refractivity contribution < 1.29 is 4.42 Å². The number of H-pyrrole nitrogens is 1. The van der Waals surface area contributed by atoms with Crippen molar-refractivity contribution >= 4 is 11.0 Å². The molecule has 2 unspecified atom stereocenters. The Hall–Kier alpha value is -2.14. The zero-order valence-electron chi connectivity index (χ0n) is 10.9. The lowest BCUT2D eigenvalue weighted by Gasteiger charge is -2.16. The Bertz CT molecular complexity index is 626. The molecule has 19 heavy (non-hydrogen) atoms. The summed E-state index contributed by atoms with van der Waals surface area (Å²) in [6, 6.07) is 10.3. The molecule has 0 amide bonds. The fraction of sp³-hybridized carbons (Fsp3) is 0.286. The fourth-order valence-corrected chi connectivity index (χ4v) is 2.18. The number of aromatic nitrogens is 3. The van der Waals surface area contributed by atoms with Gasteiger partial charge in [0.1, 0.15) is 23.5 Å². The van der Waals surface area contributed by atoms with Gasteiger partial charge in [-0.3, -0.25) is 10.4 Å². The van der Waals surface area contributed by atoms with Crippen molar-refractivity contribution in [1.29, 1.82) is 0 Å². The Kier molecular flexibility index (Phi) is 3.05. The average molecular weight is 256 g/mol. The van der Waals surface area contributed by atoms with Gasteiger partial charge in [0, 0.05) is 5.39 Å². The first-order valence-electron chi connectivity index (χ1n) is 6.34. The van der Waals surface area contributed by atoms with Gasteiger partial charge in [-0.1, -0.05) is 18.2 Å². The summed E-state index contributed by atoms with van der Waals surface area (Å²) in [6.07, 6.45) is 1.51. The molecule has 98 valence electrons. The van der Waals surface area contributed by atoms with E-state index in [1.165, 1.54) is 6.33 Å². The maximum Gasteiger partial charge on any atom is 0.141 e. The number of hydrogen-bond acceptors (Lipinski definition) is 4. The lowest BCUT2D eigenvalue weighted by atomic mass is 10.2. The van der Waals surface area contributed by atoms with Crippen molar-refractivity contribution in [1.82, 2.24) is 20.5 Å². The second kappa shape index (κ2) is 4.85. The standard InChI is InChI=1S/C14H16N4O/c1-9(17-10(2)14-15-8-16-18-14)13-7-11-5-3-4-6-12(11)19-13/h3-10,17H,1-2H3,(H,15,16,18). The fourth-order valence-electron chi connectivity index (χ4n) is 2.18. The van der Waals surface area contributed by atoms with E-state index < -0.39 is 0 Å². The van der Waals surface area contributed by atoms with E-state index in [0.29, 0.717) is 0 Å². The second-order valence-corrected chi connectivity index (χ2v) is 4.67. The molecule has 2 N–H and O–H groups in total. The number of nitrogens with one attached hydrogen (secondary N) is 2. The summed E-state index contributed by atoms with van der Waals surface area (Å²) in [5, 5.41) is 11.3. The quantitative estimate of drug-likeness (QED) is 0.753. The van der Waals surface area contributed by atoms with Crippen LogP contribution in [0.1, 0.15) is 37.5 Å². The number of furan rings is 1. The topological polar surface area (TPSA) is 66.7 Å². The number of para-hydroxylation sites is 1. The molecule has 0 bridgehead atoms. The highest BCUT2D eigenvalue weighted by Crippen LogP contribution is 2.25. The average Bonchev–Trinajstić information content (AvgIpc) is 3.07. The zero-order valence-corrected chi connectivity index (χ0v) is 10.9. The number of benzene rings is 1. The molecule has 2 aromatic heterocycles. The zero-order chi connectivity index (χ0) is 13.2. The summed E-state index contributed by atoms with van der Waals surface area (Å²) in [6.45, 7) is 4.12.